The number of nitrogens with zero attached hydrogens (tertiary/aromatic N) is 1. The number of rotatable bonds is 9. The van der Waals surface area contributed by atoms with Crippen LogP contribution in [0.15, 0.2) is 0 Å². The summed E-state index contributed by atoms with van der Waals surface area (Å²) in [5.41, 5.74) is 0. The van der Waals surface area contributed by atoms with Crippen LogP contribution in [0.3, 0.4) is 0 Å². The van der Waals surface area contributed by atoms with E-state index in [0.717, 1.165) is 0 Å². The minimum Gasteiger partial charge on any atom is -0.668 e. The van der Waals surface area contributed by atoms with Crippen LogP contribution in [0.2, 0.25) is 137 Å². The Morgan fingerprint density at radius 2 is 0.625 bits per heavy atom. The molecular weight excluding hydrogens is 700 g/mol. The molecule has 0 amide bonds. The van der Waals surface area contributed by atoms with Gasteiger partial charge in [-0.05, 0) is 67.5 Å². The Balaban J connectivity index is -0.0000000915. The summed E-state index contributed by atoms with van der Waals surface area (Å²) in [5.74, 6) is 0. The van der Waals surface area contributed by atoms with Gasteiger partial charge in [0.05, 0.1) is 0 Å². The molecule has 0 aliphatic carbocycles. The normalized spacial score (nSPS) is 12.8. The van der Waals surface area contributed by atoms with E-state index in [1.807, 2.05) is 28.2 Å². The van der Waals surface area contributed by atoms with Crippen LogP contribution in [0.25, 0.3) is 4.65 Å². The van der Waals surface area contributed by atoms with Gasteiger partial charge >= 0.3 is 8.72 Å². The van der Waals surface area contributed by atoms with E-state index >= 15 is 0 Å². The second kappa shape index (κ2) is 23.9. The maximum Gasteiger partial charge on any atom is 0.365 e. The van der Waals surface area contributed by atoms with Gasteiger partial charge in [-0.15, -0.1) is 0 Å². The van der Waals surface area contributed by atoms with E-state index in [4.69, 9.17) is 8.76 Å². The van der Waals surface area contributed by atoms with Gasteiger partial charge in [-0.1, -0.05) is 115 Å². The minimum absolute atomic E-state index is 0. The molecule has 0 aliphatic rings. The average Bonchev–Trinajstić information content (AvgIpc) is 2.57. The Labute approximate surface area is 290 Å². The van der Waals surface area contributed by atoms with Gasteiger partial charge in [0.2, 0.25) is 0 Å². The van der Waals surface area contributed by atoms with Crippen LogP contribution in [-0.4, -0.2) is 94.0 Å². The van der Waals surface area contributed by atoms with Crippen LogP contribution in [0.5, 0.6) is 0 Å². The molecule has 0 heterocycles. The molecule has 0 fully saturated rings. The Hall–Kier alpha value is 2.60. The van der Waals surface area contributed by atoms with Gasteiger partial charge in [-0.25, -0.2) is 0 Å². The van der Waals surface area contributed by atoms with Crippen LogP contribution in [0.4, 0.5) is 0 Å². The predicted molar refractivity (Wildman–Crippen MR) is 211 cm³/mol. The van der Waals surface area contributed by atoms with Crippen LogP contribution < -0.4 is 19.9 Å². The van der Waals surface area contributed by atoms with Gasteiger partial charge in [0.15, 0.2) is 16.6 Å². The van der Waals surface area contributed by atoms with E-state index in [2.05, 4.69) is 157 Å². The summed E-state index contributed by atoms with van der Waals surface area (Å²) in [4.78, 5) is 12.7. The molecule has 0 bridgehead atoms. The van der Waals surface area contributed by atoms with Crippen molar-refractivity contribution in [3.63, 3.8) is 0 Å². The first kappa shape index (κ1) is 55.0. The zero-order valence-corrected chi connectivity index (χ0v) is 43.5. The summed E-state index contributed by atoms with van der Waals surface area (Å²) in [5, 5.41) is 0. The quantitative estimate of drug-likeness (QED) is 0.180. The topological polar surface area (TPSA) is 71.4 Å². The third-order valence-electron chi connectivity index (χ3n) is 5.03. The molecule has 4 N–H and O–H groups in total. The molecule has 40 heavy (non-hydrogen) atoms. The molecule has 1 radical (unpaired) electrons. The van der Waals surface area contributed by atoms with Crippen molar-refractivity contribution in [1.29, 1.82) is 0 Å². The van der Waals surface area contributed by atoms with Gasteiger partial charge < -0.3 is 28.7 Å². The Morgan fingerprint density at radius 3 is 0.625 bits per heavy atom. The van der Waals surface area contributed by atoms with Crippen molar-refractivity contribution in [2.24, 2.45) is 0 Å². The van der Waals surface area contributed by atoms with Gasteiger partial charge in [0, 0.05) is 56.7 Å². The molecule has 0 saturated carbocycles. The molecule has 0 aromatic carbocycles. The summed E-state index contributed by atoms with van der Waals surface area (Å²) in [6.45, 7) is 49.0. The zero-order chi connectivity index (χ0) is 33.3. The third-order valence-corrected chi connectivity index (χ3v) is 36.3. The van der Waals surface area contributed by atoms with Crippen LogP contribution in [0.1, 0.15) is 0 Å². The van der Waals surface area contributed by atoms with E-state index in [1.54, 1.807) is 0 Å². The fourth-order valence-corrected chi connectivity index (χ4v) is 19.6. The summed E-state index contributed by atoms with van der Waals surface area (Å²) in [6.07, 6.45) is 0. The Bertz CT molecular complexity index is 492. The molecular formula is C25H80N5OSi8Y-. The summed E-state index contributed by atoms with van der Waals surface area (Å²) in [7, 11) is -0.238. The average molecular weight is 781 g/mol. The molecule has 15 heteroatoms. The van der Waals surface area contributed by atoms with Crippen molar-refractivity contribution in [2.75, 3.05) is 28.2 Å². The number of hydrogen-bond acceptors (Lipinski definition) is 5. The predicted octanol–water partition coefficient (Wildman–Crippen LogP) is 7.84. The monoisotopic (exact) mass is 779 g/mol. The van der Waals surface area contributed by atoms with Crippen LogP contribution in [0, 0.1) is 0 Å². The Kier molecular flexibility index (Phi) is 32.8. The van der Waals surface area contributed by atoms with E-state index in [-0.39, 0.29) is 41.5 Å². The molecule has 0 aromatic heterocycles. The van der Waals surface area contributed by atoms with Gasteiger partial charge in [0.25, 0.3) is 0 Å². The fraction of sp³-hybridized carbons (Fsp3) is 1.00. The molecule has 0 aliphatic heterocycles. The van der Waals surface area contributed by atoms with Gasteiger partial charge in [-0.3, -0.25) is 0 Å². The van der Waals surface area contributed by atoms with Crippen LogP contribution >= 0.6 is 0 Å². The van der Waals surface area contributed by atoms with Gasteiger partial charge in [0.1, 0.15) is 0 Å². The first-order chi connectivity index (χ1) is 16.6. The standard InChI is InChI=1S/C6H18NSi2.C6H18OSi2.C6H18Si2.C4H16N4Si.C3H10Si.Y/c2*1-8(2,3)7-9(4,5)6;1-7(2,3)8(4,5)6;1-5-9(6-2,7-3)8-4;1-4(2)3;/h2*1-6H3;1-6H3;5-8H,1-4H3;4H,1-3H3;/q-1;;;;;. The summed E-state index contributed by atoms with van der Waals surface area (Å²) >= 11 is 0. The summed E-state index contributed by atoms with van der Waals surface area (Å²) in [6, 6.07) is 0. The molecule has 0 atom stereocenters. The zero-order valence-electron chi connectivity index (χ0n) is 32.5. The molecule has 0 rings (SSSR count). The van der Waals surface area contributed by atoms with E-state index < -0.39 is 57.0 Å². The minimum atomic E-state index is -1.69. The van der Waals surface area contributed by atoms with Crippen molar-refractivity contribution >= 4 is 65.8 Å². The molecule has 0 unspecified atom stereocenters. The maximum atomic E-state index is 5.90. The van der Waals surface area contributed by atoms with E-state index in [1.165, 1.54) is 0 Å². The molecule has 0 aromatic rings. The SMILES string of the molecule is CN[Si](NC)(NC)NC.C[SiH](C)C.C[Si](C)(C)O[Si](C)(C)C.C[Si](C)(C)[N-][Si](C)(C)C.C[Si](C)(C)[Si](C)(C)C.[Y]. The number of hydrogen-bond donors (Lipinski definition) is 4. The summed E-state index contributed by atoms with van der Waals surface area (Å²) < 4.78 is 10.7. The maximum absolute atomic E-state index is 5.90. The van der Waals surface area contributed by atoms with Crippen molar-refractivity contribution in [2.45, 2.75) is 137 Å². The van der Waals surface area contributed by atoms with Gasteiger partial charge in [-0.2, -0.15) is 0 Å². The van der Waals surface area contributed by atoms with Crippen molar-refractivity contribution in [3.05, 3.63) is 4.65 Å². The molecule has 0 spiro atoms. The molecule has 0 saturated heterocycles. The second-order valence-electron chi connectivity index (χ2n) is 16.8. The Morgan fingerprint density at radius 1 is 0.450 bits per heavy atom. The number of nitrogens with one attached hydrogen (secondary N) is 4. The molecule has 247 valence electrons. The second-order valence-corrected chi connectivity index (χ2v) is 60.6. The third kappa shape index (κ3) is 50.2. The molecule has 6 nitrogen and oxygen atoms in total. The first-order valence-electron chi connectivity index (χ1n) is 14.8. The fourth-order valence-electron chi connectivity index (χ4n) is 2.67. The largest absolute Gasteiger partial charge is 0.668 e. The first-order valence-corrected chi connectivity index (χ1v) is 42.0. The van der Waals surface area contributed by atoms with Crippen molar-refractivity contribution < 1.29 is 36.8 Å². The smallest absolute Gasteiger partial charge is 0.365 e. The van der Waals surface area contributed by atoms with Crippen LogP contribution in [-0.2, 0) is 36.8 Å². The van der Waals surface area contributed by atoms with Crippen molar-refractivity contribution in [1.82, 2.24) is 19.9 Å². The van der Waals surface area contributed by atoms with E-state index in [9.17, 15) is 0 Å². The van der Waals surface area contributed by atoms with E-state index in [0.29, 0.717) is 0 Å². The van der Waals surface area contributed by atoms with Crippen molar-refractivity contribution in [3.8, 4) is 0 Å².